The molecule has 9 nitrogen and oxygen atoms in total. The standard InChI is InChI=1S/C20H10ClN3O6/c21-12-3-1-11(2-4-12)7-16-17-8-13(22(25)26)5-6-15(17)20-18(16)9-14(23(27)28)10-19(20)24(29)30/h1-10H/b16-7+. The Morgan fingerprint density at radius 2 is 1.33 bits per heavy atom. The molecule has 1 aliphatic rings. The fourth-order valence-electron chi connectivity index (χ4n) is 3.47. The molecule has 0 aromatic heterocycles. The largest absolute Gasteiger partial charge is 0.284 e. The van der Waals surface area contributed by atoms with Crippen molar-refractivity contribution in [3.63, 3.8) is 0 Å². The van der Waals surface area contributed by atoms with Gasteiger partial charge < -0.3 is 0 Å². The molecule has 3 aromatic rings. The van der Waals surface area contributed by atoms with E-state index in [9.17, 15) is 30.3 Å². The molecule has 0 spiro atoms. The van der Waals surface area contributed by atoms with Crippen molar-refractivity contribution in [3.8, 4) is 11.1 Å². The zero-order valence-corrected chi connectivity index (χ0v) is 15.7. The molecule has 0 N–H and O–H groups in total. The quantitative estimate of drug-likeness (QED) is 0.308. The van der Waals surface area contributed by atoms with Crippen LogP contribution in [0.1, 0.15) is 16.7 Å². The molecule has 0 amide bonds. The molecule has 1 aliphatic carbocycles. The van der Waals surface area contributed by atoms with Gasteiger partial charge in [-0.15, -0.1) is 0 Å². The maximum Gasteiger partial charge on any atom is 0.284 e. The molecular formula is C20H10ClN3O6. The molecule has 148 valence electrons. The lowest BCUT2D eigenvalue weighted by Crippen LogP contribution is -1.96. The predicted octanol–water partition coefficient (Wildman–Crippen LogP) is 5.63. The van der Waals surface area contributed by atoms with E-state index in [1.807, 2.05) is 0 Å². The summed E-state index contributed by atoms with van der Waals surface area (Å²) in [6.07, 6.45) is 1.66. The predicted molar refractivity (Wildman–Crippen MR) is 110 cm³/mol. The number of benzene rings is 3. The number of rotatable bonds is 4. The number of hydrogen-bond acceptors (Lipinski definition) is 6. The van der Waals surface area contributed by atoms with E-state index in [4.69, 9.17) is 11.6 Å². The summed E-state index contributed by atoms with van der Waals surface area (Å²) in [4.78, 5) is 32.3. The van der Waals surface area contributed by atoms with E-state index in [2.05, 4.69) is 0 Å². The topological polar surface area (TPSA) is 129 Å². The van der Waals surface area contributed by atoms with E-state index < -0.39 is 26.1 Å². The Bertz CT molecular complexity index is 1280. The smallest absolute Gasteiger partial charge is 0.258 e. The van der Waals surface area contributed by atoms with Gasteiger partial charge in [0.1, 0.15) is 0 Å². The Balaban J connectivity index is 2.07. The molecule has 0 saturated heterocycles. The molecule has 4 rings (SSSR count). The van der Waals surface area contributed by atoms with Gasteiger partial charge in [-0.05, 0) is 46.5 Å². The molecule has 10 heteroatoms. The normalized spacial score (nSPS) is 13.0. The molecule has 0 unspecified atom stereocenters. The number of hydrogen-bond donors (Lipinski definition) is 0. The molecule has 3 aromatic carbocycles. The average molecular weight is 424 g/mol. The molecule has 0 bridgehead atoms. The SMILES string of the molecule is O=[N+]([O-])c1ccc2c(c1)/C(=C\c1ccc(Cl)cc1)c1cc([N+](=O)[O-])cc([N+](=O)[O-])c1-2. The van der Waals surface area contributed by atoms with Crippen LogP contribution in [0.5, 0.6) is 0 Å². The molecule has 0 fully saturated rings. The average Bonchev–Trinajstić information content (AvgIpc) is 3.01. The van der Waals surface area contributed by atoms with Crippen LogP contribution in [-0.4, -0.2) is 14.8 Å². The molecule has 30 heavy (non-hydrogen) atoms. The van der Waals surface area contributed by atoms with Crippen LogP contribution < -0.4 is 0 Å². The zero-order valence-electron chi connectivity index (χ0n) is 14.9. The lowest BCUT2D eigenvalue weighted by molar-refractivity contribution is -0.393. The summed E-state index contributed by atoms with van der Waals surface area (Å²) in [6, 6.07) is 12.8. The second-order valence-corrected chi connectivity index (χ2v) is 6.93. The van der Waals surface area contributed by atoms with Gasteiger partial charge in [-0.3, -0.25) is 30.3 Å². The summed E-state index contributed by atoms with van der Waals surface area (Å²) in [7, 11) is 0. The van der Waals surface area contributed by atoms with E-state index in [-0.39, 0.29) is 16.8 Å². The Labute approximate surface area is 173 Å². The van der Waals surface area contributed by atoms with Crippen molar-refractivity contribution in [2.24, 2.45) is 0 Å². The van der Waals surface area contributed by atoms with Gasteiger partial charge in [-0.25, -0.2) is 0 Å². The highest BCUT2D eigenvalue weighted by Crippen LogP contribution is 2.51. The lowest BCUT2D eigenvalue weighted by atomic mass is 10.00. The number of halogens is 1. The van der Waals surface area contributed by atoms with Crippen molar-refractivity contribution < 1.29 is 14.8 Å². The molecule has 0 atom stereocenters. The second-order valence-electron chi connectivity index (χ2n) is 6.50. The summed E-state index contributed by atoms with van der Waals surface area (Å²) in [5, 5.41) is 34.8. The van der Waals surface area contributed by atoms with Gasteiger partial charge in [0.05, 0.1) is 26.4 Å². The van der Waals surface area contributed by atoms with E-state index >= 15 is 0 Å². The lowest BCUT2D eigenvalue weighted by Gasteiger charge is -2.04. The van der Waals surface area contributed by atoms with Crippen LogP contribution in [0, 0.1) is 30.3 Å². The first-order valence-electron chi connectivity index (χ1n) is 8.50. The first-order valence-corrected chi connectivity index (χ1v) is 8.87. The minimum Gasteiger partial charge on any atom is -0.258 e. The van der Waals surface area contributed by atoms with Crippen LogP contribution in [0.3, 0.4) is 0 Å². The van der Waals surface area contributed by atoms with Crippen molar-refractivity contribution in [1.29, 1.82) is 0 Å². The third kappa shape index (κ3) is 3.16. The van der Waals surface area contributed by atoms with Crippen molar-refractivity contribution in [2.45, 2.75) is 0 Å². The Kier molecular flexibility index (Phi) is 4.52. The number of nitro benzene ring substituents is 3. The maximum atomic E-state index is 11.7. The summed E-state index contributed by atoms with van der Waals surface area (Å²) >= 11 is 5.91. The van der Waals surface area contributed by atoms with Crippen molar-refractivity contribution in [1.82, 2.24) is 0 Å². The number of nitrogens with zero attached hydrogens (tertiary/aromatic N) is 3. The van der Waals surface area contributed by atoms with Gasteiger partial charge in [-0.2, -0.15) is 0 Å². The summed E-state index contributed by atoms with van der Waals surface area (Å²) in [6.45, 7) is 0. The van der Waals surface area contributed by atoms with Crippen LogP contribution in [0.25, 0.3) is 22.8 Å². The number of non-ortho nitro benzene ring substituents is 2. The zero-order chi connectivity index (χ0) is 21.6. The molecule has 0 aliphatic heterocycles. The second kappa shape index (κ2) is 7.05. The Morgan fingerprint density at radius 3 is 1.93 bits per heavy atom. The van der Waals surface area contributed by atoms with Crippen LogP contribution in [0.4, 0.5) is 17.1 Å². The maximum absolute atomic E-state index is 11.7. The molecular weight excluding hydrogens is 414 g/mol. The number of nitro groups is 3. The highest BCUT2D eigenvalue weighted by Gasteiger charge is 2.34. The molecule has 0 heterocycles. The van der Waals surface area contributed by atoms with E-state index in [0.717, 1.165) is 6.07 Å². The van der Waals surface area contributed by atoms with Crippen molar-refractivity contribution in [3.05, 3.63) is 107 Å². The van der Waals surface area contributed by atoms with Crippen molar-refractivity contribution in [2.75, 3.05) is 0 Å². The first-order chi connectivity index (χ1) is 14.3. The van der Waals surface area contributed by atoms with Gasteiger partial charge >= 0.3 is 0 Å². The minimum absolute atomic E-state index is 0.190. The van der Waals surface area contributed by atoms with Gasteiger partial charge in [0.2, 0.25) is 0 Å². The van der Waals surface area contributed by atoms with Gasteiger partial charge in [-0.1, -0.05) is 23.7 Å². The fourth-order valence-corrected chi connectivity index (χ4v) is 3.60. The fraction of sp³-hybridized carbons (Fsp3) is 0. The summed E-state index contributed by atoms with van der Waals surface area (Å²) < 4.78 is 0. The third-order valence-corrected chi connectivity index (χ3v) is 5.01. The Morgan fingerprint density at radius 1 is 0.700 bits per heavy atom. The molecule has 0 saturated carbocycles. The first kappa shape index (κ1) is 19.2. The Hall–Kier alpha value is -4.11. The van der Waals surface area contributed by atoms with Crippen LogP contribution in [0.15, 0.2) is 54.6 Å². The van der Waals surface area contributed by atoms with Gasteiger partial charge in [0, 0.05) is 28.8 Å². The van der Waals surface area contributed by atoms with E-state index in [0.29, 0.717) is 27.3 Å². The van der Waals surface area contributed by atoms with E-state index in [1.165, 1.54) is 24.3 Å². The molecule has 0 radical (unpaired) electrons. The van der Waals surface area contributed by atoms with E-state index in [1.54, 1.807) is 30.3 Å². The van der Waals surface area contributed by atoms with Gasteiger partial charge in [0.15, 0.2) is 0 Å². The van der Waals surface area contributed by atoms with Crippen LogP contribution in [-0.2, 0) is 0 Å². The highest BCUT2D eigenvalue weighted by molar-refractivity contribution is 6.30. The summed E-state index contributed by atoms with van der Waals surface area (Å²) in [5.41, 5.74) is 1.26. The van der Waals surface area contributed by atoms with Crippen molar-refractivity contribution >= 4 is 40.3 Å². The van der Waals surface area contributed by atoms with Crippen LogP contribution in [0.2, 0.25) is 5.02 Å². The minimum atomic E-state index is -0.710. The van der Waals surface area contributed by atoms with Crippen LogP contribution >= 0.6 is 11.6 Å². The summed E-state index contributed by atoms with van der Waals surface area (Å²) in [5.74, 6) is 0. The monoisotopic (exact) mass is 423 g/mol. The van der Waals surface area contributed by atoms with Gasteiger partial charge in [0.25, 0.3) is 17.1 Å². The third-order valence-electron chi connectivity index (χ3n) is 4.75. The highest BCUT2D eigenvalue weighted by atomic mass is 35.5. The number of fused-ring (bicyclic) bond motifs is 3.